The average Bonchev–Trinajstić information content (AvgIpc) is 3.32. The maximum absolute atomic E-state index is 13.3. The van der Waals surface area contributed by atoms with Crippen LogP contribution in [0.3, 0.4) is 0 Å². The van der Waals surface area contributed by atoms with Crippen LogP contribution in [0, 0.1) is 13.8 Å². The number of fused-ring (bicyclic) bond motifs is 1. The number of ether oxygens (including phenoxy) is 1. The van der Waals surface area contributed by atoms with E-state index in [9.17, 15) is 4.79 Å². The Labute approximate surface area is 174 Å². The fraction of sp³-hybridized carbons (Fsp3) is 0.476. The fourth-order valence-corrected chi connectivity index (χ4v) is 4.77. The van der Waals surface area contributed by atoms with Crippen molar-refractivity contribution in [2.45, 2.75) is 20.3 Å². The maximum atomic E-state index is 13.3. The van der Waals surface area contributed by atoms with Gasteiger partial charge in [-0.15, -0.1) is 0 Å². The number of hydrogen-bond donors (Lipinski definition) is 0. The van der Waals surface area contributed by atoms with E-state index < -0.39 is 0 Å². The first-order chi connectivity index (χ1) is 14.0. The molecule has 3 heterocycles. The summed E-state index contributed by atoms with van der Waals surface area (Å²) in [7, 11) is 1.85. The van der Waals surface area contributed by atoms with Gasteiger partial charge in [-0.1, -0.05) is 17.4 Å². The normalized spacial score (nSPS) is 15.1. The standard InChI is InChI=1S/C21H27N5O2S/c1-15-13-16(2)18-17(14-15)23-21(29-18)26(20(27)19-22-5-8-24(19)3)7-4-6-25-9-11-28-12-10-25/h5,8,13-14H,4,6-7,9-12H2,1-3H3. The number of anilines is 1. The minimum atomic E-state index is -0.104. The van der Waals surface area contributed by atoms with Gasteiger partial charge in [-0.25, -0.2) is 9.97 Å². The summed E-state index contributed by atoms with van der Waals surface area (Å²) in [4.78, 5) is 26.6. The van der Waals surface area contributed by atoms with Crippen LogP contribution in [0.15, 0.2) is 24.5 Å². The molecule has 4 rings (SSSR count). The molecule has 0 saturated carbocycles. The van der Waals surface area contributed by atoms with E-state index in [1.54, 1.807) is 33.2 Å². The molecule has 8 heteroatoms. The highest BCUT2D eigenvalue weighted by molar-refractivity contribution is 7.22. The summed E-state index contributed by atoms with van der Waals surface area (Å²) >= 11 is 1.58. The predicted octanol–water partition coefficient (Wildman–Crippen LogP) is 3.02. The van der Waals surface area contributed by atoms with Gasteiger partial charge in [0.05, 0.1) is 23.4 Å². The van der Waals surface area contributed by atoms with Gasteiger partial charge < -0.3 is 9.30 Å². The van der Waals surface area contributed by atoms with E-state index in [4.69, 9.17) is 9.72 Å². The van der Waals surface area contributed by atoms with Gasteiger partial charge in [0.1, 0.15) is 0 Å². The van der Waals surface area contributed by atoms with Crippen LogP contribution in [-0.4, -0.2) is 64.7 Å². The molecule has 0 bridgehead atoms. The number of morpholine rings is 1. The molecule has 0 N–H and O–H groups in total. The summed E-state index contributed by atoms with van der Waals surface area (Å²) in [6.07, 6.45) is 4.33. The third-order valence-electron chi connectivity index (χ3n) is 5.26. The second-order valence-electron chi connectivity index (χ2n) is 7.55. The lowest BCUT2D eigenvalue weighted by atomic mass is 10.1. The van der Waals surface area contributed by atoms with Crippen molar-refractivity contribution in [3.05, 3.63) is 41.5 Å². The summed E-state index contributed by atoms with van der Waals surface area (Å²) in [5, 5.41) is 0.740. The molecule has 0 aliphatic carbocycles. The average molecular weight is 414 g/mol. The van der Waals surface area contributed by atoms with E-state index in [1.165, 1.54) is 11.1 Å². The van der Waals surface area contributed by atoms with E-state index >= 15 is 0 Å². The van der Waals surface area contributed by atoms with Crippen LogP contribution >= 0.6 is 11.3 Å². The van der Waals surface area contributed by atoms with Crippen molar-refractivity contribution in [1.29, 1.82) is 0 Å². The topological polar surface area (TPSA) is 63.5 Å². The van der Waals surface area contributed by atoms with Crippen LogP contribution in [0.25, 0.3) is 10.2 Å². The zero-order chi connectivity index (χ0) is 20.4. The zero-order valence-corrected chi connectivity index (χ0v) is 18.0. The molecule has 3 aromatic rings. The van der Waals surface area contributed by atoms with Gasteiger partial charge in [0.2, 0.25) is 0 Å². The number of hydrogen-bond acceptors (Lipinski definition) is 6. The molecular formula is C21H27N5O2S. The fourth-order valence-electron chi connectivity index (χ4n) is 3.73. The van der Waals surface area contributed by atoms with Crippen molar-refractivity contribution in [2.75, 3.05) is 44.3 Å². The molecule has 1 fully saturated rings. The largest absolute Gasteiger partial charge is 0.379 e. The first-order valence-corrected chi connectivity index (χ1v) is 10.8. The summed E-state index contributed by atoms with van der Waals surface area (Å²) in [5.41, 5.74) is 3.33. The molecule has 29 heavy (non-hydrogen) atoms. The van der Waals surface area contributed by atoms with E-state index in [1.807, 2.05) is 7.05 Å². The van der Waals surface area contributed by atoms with E-state index in [0.717, 1.165) is 54.6 Å². The monoisotopic (exact) mass is 413 g/mol. The Balaban J connectivity index is 1.60. The van der Waals surface area contributed by atoms with E-state index in [2.05, 4.69) is 35.9 Å². The molecule has 2 aromatic heterocycles. The molecule has 1 saturated heterocycles. The molecular weight excluding hydrogens is 386 g/mol. The van der Waals surface area contributed by atoms with Crippen molar-refractivity contribution in [3.63, 3.8) is 0 Å². The van der Waals surface area contributed by atoms with Crippen LogP contribution in [0.1, 0.15) is 28.2 Å². The molecule has 0 spiro atoms. The number of aryl methyl sites for hydroxylation is 3. The van der Waals surface area contributed by atoms with Crippen molar-refractivity contribution < 1.29 is 9.53 Å². The molecule has 7 nitrogen and oxygen atoms in total. The highest BCUT2D eigenvalue weighted by Crippen LogP contribution is 2.32. The van der Waals surface area contributed by atoms with E-state index in [0.29, 0.717) is 12.4 Å². The van der Waals surface area contributed by atoms with Crippen LogP contribution < -0.4 is 4.90 Å². The Bertz CT molecular complexity index is 1010. The van der Waals surface area contributed by atoms with Gasteiger partial charge in [0, 0.05) is 45.6 Å². The quantitative estimate of drug-likeness (QED) is 0.622. The Kier molecular flexibility index (Phi) is 5.94. The lowest BCUT2D eigenvalue weighted by Gasteiger charge is -2.27. The minimum absolute atomic E-state index is 0.104. The van der Waals surface area contributed by atoms with Gasteiger partial charge in [0.15, 0.2) is 11.0 Å². The SMILES string of the molecule is Cc1cc(C)c2sc(N(CCCN3CCOCC3)C(=O)c3nccn3C)nc2c1. The maximum Gasteiger partial charge on any atom is 0.296 e. The molecule has 1 amide bonds. The first-order valence-electron chi connectivity index (χ1n) is 10.00. The number of rotatable bonds is 6. The Morgan fingerprint density at radius 3 is 2.79 bits per heavy atom. The van der Waals surface area contributed by atoms with E-state index in [-0.39, 0.29) is 5.91 Å². The Morgan fingerprint density at radius 1 is 1.28 bits per heavy atom. The van der Waals surface area contributed by atoms with Gasteiger partial charge >= 0.3 is 0 Å². The second kappa shape index (κ2) is 8.61. The van der Waals surface area contributed by atoms with Crippen molar-refractivity contribution in [2.24, 2.45) is 7.05 Å². The minimum Gasteiger partial charge on any atom is -0.379 e. The summed E-state index contributed by atoms with van der Waals surface area (Å²) in [5.74, 6) is 0.330. The molecule has 1 aromatic carbocycles. The van der Waals surface area contributed by atoms with Crippen LogP contribution in [0.2, 0.25) is 0 Å². The highest BCUT2D eigenvalue weighted by Gasteiger charge is 2.25. The number of thiazole rings is 1. The number of benzene rings is 1. The number of nitrogens with zero attached hydrogens (tertiary/aromatic N) is 5. The second-order valence-corrected chi connectivity index (χ2v) is 8.53. The summed E-state index contributed by atoms with van der Waals surface area (Å²) in [6.45, 7) is 9.20. The zero-order valence-electron chi connectivity index (χ0n) is 17.2. The molecule has 1 aliphatic heterocycles. The highest BCUT2D eigenvalue weighted by atomic mass is 32.1. The van der Waals surface area contributed by atoms with Crippen molar-refractivity contribution in [1.82, 2.24) is 19.4 Å². The van der Waals surface area contributed by atoms with Crippen LogP contribution in [-0.2, 0) is 11.8 Å². The Morgan fingerprint density at radius 2 is 2.07 bits per heavy atom. The molecule has 0 unspecified atom stereocenters. The predicted molar refractivity (Wildman–Crippen MR) is 116 cm³/mol. The third kappa shape index (κ3) is 4.34. The lowest BCUT2D eigenvalue weighted by Crippen LogP contribution is -2.39. The van der Waals surface area contributed by atoms with Gasteiger partial charge in [-0.2, -0.15) is 0 Å². The molecule has 154 valence electrons. The van der Waals surface area contributed by atoms with Crippen LogP contribution in [0.4, 0.5) is 5.13 Å². The third-order valence-corrected chi connectivity index (χ3v) is 6.49. The van der Waals surface area contributed by atoms with Gasteiger partial charge in [-0.05, 0) is 37.5 Å². The first kappa shape index (κ1) is 20.0. The smallest absolute Gasteiger partial charge is 0.296 e. The number of amides is 1. The summed E-state index contributed by atoms with van der Waals surface area (Å²) < 4.78 is 8.33. The summed E-state index contributed by atoms with van der Waals surface area (Å²) in [6, 6.07) is 4.24. The number of imidazole rings is 1. The molecule has 0 radical (unpaired) electrons. The van der Waals surface area contributed by atoms with Gasteiger partial charge in [0.25, 0.3) is 5.91 Å². The Hall–Kier alpha value is -2.29. The van der Waals surface area contributed by atoms with Crippen LogP contribution in [0.5, 0.6) is 0 Å². The number of aromatic nitrogens is 3. The van der Waals surface area contributed by atoms with Crippen molar-refractivity contribution >= 4 is 32.6 Å². The number of carbonyl (C=O) groups is 1. The lowest BCUT2D eigenvalue weighted by molar-refractivity contribution is 0.0376. The van der Waals surface area contributed by atoms with Gasteiger partial charge in [-0.3, -0.25) is 14.6 Å². The molecule has 0 atom stereocenters. The number of carbonyl (C=O) groups excluding carboxylic acids is 1. The molecule has 1 aliphatic rings. The van der Waals surface area contributed by atoms with Crippen molar-refractivity contribution in [3.8, 4) is 0 Å².